The number of carboxylic acids is 1. The molecule has 1 aromatic rings. The number of thioether (sulfide) groups is 1. The van der Waals surface area contributed by atoms with E-state index < -0.39 is 11.6 Å². The first-order valence-corrected chi connectivity index (χ1v) is 11.2. The van der Waals surface area contributed by atoms with Crippen LogP contribution in [-0.2, 0) is 4.79 Å². The highest BCUT2D eigenvalue weighted by molar-refractivity contribution is 8.01. The Kier molecular flexibility index (Phi) is 8.31. The van der Waals surface area contributed by atoms with E-state index in [1.807, 2.05) is 24.0 Å². The van der Waals surface area contributed by atoms with Crippen LogP contribution in [0.5, 0.6) is 0 Å². The van der Waals surface area contributed by atoms with Gasteiger partial charge in [0.05, 0.1) is 11.6 Å². The Balaban J connectivity index is 1.82. The van der Waals surface area contributed by atoms with E-state index in [1.54, 1.807) is 0 Å². The molecule has 0 aromatic carbocycles. The van der Waals surface area contributed by atoms with Gasteiger partial charge in [0.15, 0.2) is 10.0 Å². The lowest BCUT2D eigenvalue weighted by atomic mass is 9.95. The highest BCUT2D eigenvalue weighted by Crippen LogP contribution is 2.26. The fourth-order valence-corrected chi connectivity index (χ4v) is 4.85. The summed E-state index contributed by atoms with van der Waals surface area (Å²) in [5, 5.41) is 20.8. The molecule has 2 N–H and O–H groups in total. The zero-order chi connectivity index (χ0) is 19.9. The van der Waals surface area contributed by atoms with Gasteiger partial charge in [0, 0.05) is 24.1 Å². The minimum atomic E-state index is -1.02. The van der Waals surface area contributed by atoms with Gasteiger partial charge in [-0.1, -0.05) is 43.7 Å². The number of amides is 1. The van der Waals surface area contributed by atoms with Crippen LogP contribution in [0.3, 0.4) is 0 Å². The zero-order valence-corrected chi connectivity index (χ0v) is 17.5. The highest BCUT2D eigenvalue weighted by Gasteiger charge is 2.29. The number of unbranched alkanes of at least 4 members (excludes halogenated alkanes) is 1. The summed E-state index contributed by atoms with van der Waals surface area (Å²) in [5.41, 5.74) is -0.627. The number of carboxylic acid groups (broad SMARTS) is 1. The minimum absolute atomic E-state index is 0.0654. The molecule has 0 aliphatic carbocycles. The fraction of sp³-hybridized carbons (Fsp3) is 0.632. The van der Waals surface area contributed by atoms with Crippen molar-refractivity contribution in [1.82, 2.24) is 9.88 Å². The number of thiazole rings is 1. The van der Waals surface area contributed by atoms with Crippen LogP contribution in [0.25, 0.3) is 0 Å². The number of rotatable bonds is 11. The second kappa shape index (κ2) is 10.2. The number of nitrogens with zero attached hydrogens (tertiary/aromatic N) is 2. The summed E-state index contributed by atoms with van der Waals surface area (Å²) in [5.74, 6) is -0.196. The van der Waals surface area contributed by atoms with Crippen LogP contribution in [0.15, 0.2) is 21.9 Å². The summed E-state index contributed by atoms with van der Waals surface area (Å²) in [6.45, 7) is 4.58. The van der Waals surface area contributed by atoms with Crippen LogP contribution in [-0.4, -0.2) is 55.9 Å². The number of aromatic carboxylic acids is 1. The molecule has 2 heterocycles. The van der Waals surface area contributed by atoms with Gasteiger partial charge < -0.3 is 15.1 Å². The van der Waals surface area contributed by atoms with E-state index in [0.29, 0.717) is 29.5 Å². The summed E-state index contributed by atoms with van der Waals surface area (Å²) in [6.07, 6.45) is 8.84. The molecule has 150 valence electrons. The molecule has 8 heteroatoms. The molecule has 27 heavy (non-hydrogen) atoms. The molecular formula is C19H28N2O4S2. The number of carbonyl (C=O) groups excluding carboxylic acids is 1. The smallest absolute Gasteiger partial charge is 0.355 e. The van der Waals surface area contributed by atoms with Crippen molar-refractivity contribution in [2.24, 2.45) is 0 Å². The first-order chi connectivity index (χ1) is 12.8. The highest BCUT2D eigenvalue weighted by atomic mass is 32.2. The average Bonchev–Trinajstić information content (AvgIpc) is 3.22. The molecule has 0 unspecified atom stereocenters. The predicted molar refractivity (Wildman–Crippen MR) is 108 cm³/mol. The molecule has 0 radical (unpaired) electrons. The topological polar surface area (TPSA) is 90.7 Å². The Hall–Kier alpha value is -1.38. The van der Waals surface area contributed by atoms with Gasteiger partial charge in [0.25, 0.3) is 0 Å². The van der Waals surface area contributed by atoms with Gasteiger partial charge >= 0.3 is 5.97 Å². The fourth-order valence-electron chi connectivity index (χ4n) is 3.04. The summed E-state index contributed by atoms with van der Waals surface area (Å²) in [7, 11) is 0. The molecule has 1 aliphatic rings. The lowest BCUT2D eigenvalue weighted by Gasteiger charge is -2.24. The van der Waals surface area contributed by atoms with Gasteiger partial charge in [-0.15, -0.1) is 11.3 Å². The van der Waals surface area contributed by atoms with Crippen LogP contribution in [0.1, 0.15) is 62.9 Å². The molecule has 2 atom stereocenters. The molecule has 1 aromatic heterocycles. The average molecular weight is 413 g/mol. The number of hydrogen-bond donors (Lipinski definition) is 2. The largest absolute Gasteiger partial charge is 0.476 e. The maximum absolute atomic E-state index is 12.2. The first-order valence-electron chi connectivity index (χ1n) is 9.32. The first kappa shape index (κ1) is 21.9. The van der Waals surface area contributed by atoms with Crippen molar-refractivity contribution in [3.05, 3.63) is 23.2 Å². The van der Waals surface area contributed by atoms with Crippen LogP contribution in [0.4, 0.5) is 0 Å². The van der Waals surface area contributed by atoms with Crippen LogP contribution >= 0.6 is 23.1 Å². The molecular weight excluding hydrogens is 384 g/mol. The van der Waals surface area contributed by atoms with E-state index in [2.05, 4.69) is 11.9 Å². The molecule has 0 saturated carbocycles. The van der Waals surface area contributed by atoms with Crippen molar-refractivity contribution < 1.29 is 19.8 Å². The second-order valence-corrected chi connectivity index (χ2v) is 9.28. The Morgan fingerprint density at radius 2 is 2.33 bits per heavy atom. The van der Waals surface area contributed by atoms with Gasteiger partial charge in [0.1, 0.15) is 0 Å². The van der Waals surface area contributed by atoms with Gasteiger partial charge in [-0.05, 0) is 26.2 Å². The summed E-state index contributed by atoms with van der Waals surface area (Å²) < 4.78 is 0.707. The standard InChI is InChI=1S/C19H28N2O4S2/c1-3-4-9-19(2,25)10-5-6-14-7-8-16(22)21(14)11-12-26-18-20-15(13-27-18)17(23)24/h5-6,13-14,25H,3-4,7-12H2,1-2H3,(H,23,24)/b6-5+/t14-,19-/m0/s1. The number of carbonyl (C=O) groups is 2. The van der Waals surface area contributed by atoms with Crippen molar-refractivity contribution in [1.29, 1.82) is 0 Å². The summed E-state index contributed by atoms with van der Waals surface area (Å²) in [6, 6.07) is 0.0750. The monoisotopic (exact) mass is 412 g/mol. The van der Waals surface area contributed by atoms with Crippen LogP contribution < -0.4 is 0 Å². The Bertz CT molecular complexity index is 672. The molecule has 0 spiro atoms. The van der Waals surface area contributed by atoms with Gasteiger partial charge in [-0.2, -0.15) is 0 Å². The Labute approximate surface area is 168 Å². The number of hydrogen-bond acceptors (Lipinski definition) is 6. The van der Waals surface area contributed by atoms with Gasteiger partial charge in [0.2, 0.25) is 5.91 Å². The predicted octanol–water partition coefficient (Wildman–Crippen LogP) is 3.81. The lowest BCUT2D eigenvalue weighted by Crippen LogP contribution is -2.33. The van der Waals surface area contributed by atoms with Crippen LogP contribution in [0.2, 0.25) is 0 Å². The van der Waals surface area contributed by atoms with E-state index >= 15 is 0 Å². The summed E-state index contributed by atoms with van der Waals surface area (Å²) >= 11 is 2.78. The third kappa shape index (κ3) is 6.93. The molecule has 1 saturated heterocycles. The maximum Gasteiger partial charge on any atom is 0.355 e. The zero-order valence-electron chi connectivity index (χ0n) is 15.9. The molecule has 2 rings (SSSR count). The van der Waals surface area contributed by atoms with Gasteiger partial charge in [-0.25, -0.2) is 9.78 Å². The molecule has 6 nitrogen and oxygen atoms in total. The number of aliphatic hydroxyl groups is 1. The van der Waals surface area contributed by atoms with Crippen molar-refractivity contribution >= 4 is 35.0 Å². The van der Waals surface area contributed by atoms with E-state index in [-0.39, 0.29) is 17.6 Å². The van der Waals surface area contributed by atoms with Crippen molar-refractivity contribution in [2.45, 2.75) is 68.4 Å². The lowest BCUT2D eigenvalue weighted by molar-refractivity contribution is -0.128. The second-order valence-electron chi connectivity index (χ2n) is 7.08. The van der Waals surface area contributed by atoms with Crippen molar-refractivity contribution in [2.75, 3.05) is 12.3 Å². The minimum Gasteiger partial charge on any atom is -0.476 e. The Morgan fingerprint density at radius 1 is 1.56 bits per heavy atom. The maximum atomic E-state index is 12.2. The van der Waals surface area contributed by atoms with Crippen molar-refractivity contribution in [3.63, 3.8) is 0 Å². The Morgan fingerprint density at radius 3 is 3.00 bits per heavy atom. The molecule has 1 aliphatic heterocycles. The number of aromatic nitrogens is 1. The number of likely N-dealkylation sites (tertiary alicyclic amines) is 1. The van der Waals surface area contributed by atoms with Gasteiger partial charge in [-0.3, -0.25) is 4.79 Å². The molecule has 1 fully saturated rings. The summed E-state index contributed by atoms with van der Waals surface area (Å²) in [4.78, 5) is 29.0. The normalized spacial score (nSPS) is 19.7. The third-order valence-electron chi connectivity index (χ3n) is 4.62. The van der Waals surface area contributed by atoms with E-state index in [1.165, 1.54) is 28.5 Å². The van der Waals surface area contributed by atoms with E-state index in [0.717, 1.165) is 25.7 Å². The van der Waals surface area contributed by atoms with E-state index in [4.69, 9.17) is 5.11 Å². The molecule has 1 amide bonds. The quantitative estimate of drug-likeness (QED) is 0.424. The molecule has 0 bridgehead atoms. The third-order valence-corrected chi connectivity index (χ3v) is 6.62. The van der Waals surface area contributed by atoms with E-state index in [9.17, 15) is 14.7 Å². The van der Waals surface area contributed by atoms with Crippen molar-refractivity contribution in [3.8, 4) is 0 Å². The SMILES string of the molecule is CCCC[C@](C)(O)C/C=C/[C@H]1CCC(=O)N1CCSc1nc(C(=O)O)cs1. The van der Waals surface area contributed by atoms with Crippen LogP contribution in [0, 0.1) is 0 Å².